The first kappa shape index (κ1) is 9.21. The molecule has 14 heavy (non-hydrogen) atoms. The number of ether oxygens (including phenoxy) is 1. The summed E-state index contributed by atoms with van der Waals surface area (Å²) in [6, 6.07) is 0.350. The van der Waals surface area contributed by atoms with Gasteiger partial charge in [-0.1, -0.05) is 0 Å². The highest BCUT2D eigenvalue weighted by atomic mass is 16.5. The van der Waals surface area contributed by atoms with E-state index in [-0.39, 0.29) is 0 Å². The van der Waals surface area contributed by atoms with Crippen LogP contribution in [0.4, 0.5) is 11.6 Å². The summed E-state index contributed by atoms with van der Waals surface area (Å²) < 4.78 is 5.26. The molecule has 5 nitrogen and oxygen atoms in total. The molecular formula is C9H14N4O. The number of hydrogen-bond acceptors (Lipinski definition) is 5. The summed E-state index contributed by atoms with van der Waals surface area (Å²) in [5.74, 6) is 1.34. The molecule has 0 amide bonds. The van der Waals surface area contributed by atoms with Gasteiger partial charge in [0, 0.05) is 12.2 Å². The van der Waals surface area contributed by atoms with Crippen molar-refractivity contribution in [2.45, 2.75) is 19.4 Å². The number of nitrogens with zero attached hydrogens (tertiary/aromatic N) is 2. The van der Waals surface area contributed by atoms with Crippen molar-refractivity contribution >= 4 is 11.6 Å². The van der Waals surface area contributed by atoms with E-state index < -0.39 is 0 Å². The number of hydrogen-bond donors (Lipinski definition) is 2. The normalized spacial score (nSPS) is 21.1. The smallest absolute Gasteiger partial charge is 0.134 e. The number of anilines is 2. The molecule has 0 saturated carbocycles. The van der Waals surface area contributed by atoms with E-state index in [4.69, 9.17) is 10.5 Å². The molecule has 1 fully saturated rings. The average Bonchev–Trinajstić information content (AvgIpc) is 2.66. The zero-order chi connectivity index (χ0) is 9.97. The van der Waals surface area contributed by atoms with Crippen molar-refractivity contribution in [2.24, 2.45) is 0 Å². The molecule has 0 aromatic carbocycles. The summed E-state index contributed by atoms with van der Waals surface area (Å²) in [5, 5.41) is 3.29. The molecule has 0 bridgehead atoms. The van der Waals surface area contributed by atoms with Gasteiger partial charge in [-0.3, -0.25) is 0 Å². The fourth-order valence-corrected chi connectivity index (χ4v) is 1.45. The van der Waals surface area contributed by atoms with Crippen LogP contribution in [-0.4, -0.2) is 29.2 Å². The Morgan fingerprint density at radius 3 is 3.14 bits per heavy atom. The van der Waals surface area contributed by atoms with Crippen molar-refractivity contribution in [3.05, 3.63) is 11.9 Å². The highest BCUT2D eigenvalue weighted by Crippen LogP contribution is 2.18. The first-order valence-electron chi connectivity index (χ1n) is 4.68. The zero-order valence-electron chi connectivity index (χ0n) is 8.16. The number of rotatable bonds is 2. The van der Waals surface area contributed by atoms with Gasteiger partial charge in [0.25, 0.3) is 0 Å². The molecular weight excluding hydrogens is 180 g/mol. The van der Waals surface area contributed by atoms with Crippen molar-refractivity contribution in [1.82, 2.24) is 9.97 Å². The molecule has 0 spiro atoms. The van der Waals surface area contributed by atoms with Gasteiger partial charge in [0.1, 0.15) is 18.0 Å². The minimum absolute atomic E-state index is 0.350. The van der Waals surface area contributed by atoms with Gasteiger partial charge in [-0.2, -0.15) is 0 Å². The molecule has 1 aromatic rings. The van der Waals surface area contributed by atoms with E-state index in [1.54, 1.807) is 0 Å². The quantitative estimate of drug-likeness (QED) is 0.720. The van der Waals surface area contributed by atoms with Gasteiger partial charge in [-0.05, 0) is 13.3 Å². The molecule has 1 aromatic heterocycles. The number of nitrogens with one attached hydrogen (secondary N) is 1. The highest BCUT2D eigenvalue weighted by Gasteiger charge is 2.16. The zero-order valence-corrected chi connectivity index (χ0v) is 8.16. The van der Waals surface area contributed by atoms with Crippen LogP contribution in [0.25, 0.3) is 0 Å². The van der Waals surface area contributed by atoms with E-state index in [0.717, 1.165) is 31.0 Å². The number of aromatic nitrogens is 2. The number of nitrogen functional groups attached to an aromatic ring is 1. The van der Waals surface area contributed by atoms with Crippen LogP contribution in [0.1, 0.15) is 12.0 Å². The fourth-order valence-electron chi connectivity index (χ4n) is 1.45. The maximum atomic E-state index is 5.67. The predicted octanol–water partition coefficient (Wildman–Crippen LogP) is 0.568. The van der Waals surface area contributed by atoms with Crippen LogP contribution >= 0.6 is 0 Å². The standard InChI is InChI=1S/C9H14N4O/c1-6-8(10)11-5-12-9(6)13-7-2-3-14-4-7/h5,7H,2-4H2,1H3,(H3,10,11,12,13). The van der Waals surface area contributed by atoms with E-state index in [2.05, 4.69) is 15.3 Å². The van der Waals surface area contributed by atoms with Crippen molar-refractivity contribution in [2.75, 3.05) is 24.3 Å². The predicted molar refractivity (Wildman–Crippen MR) is 54.0 cm³/mol. The summed E-state index contributed by atoms with van der Waals surface area (Å²) in [7, 11) is 0. The third-order valence-electron chi connectivity index (χ3n) is 2.39. The van der Waals surface area contributed by atoms with E-state index in [1.807, 2.05) is 6.92 Å². The minimum atomic E-state index is 0.350. The third-order valence-corrected chi connectivity index (χ3v) is 2.39. The topological polar surface area (TPSA) is 73.1 Å². The molecule has 0 aliphatic carbocycles. The Bertz CT molecular complexity index is 323. The van der Waals surface area contributed by atoms with Crippen LogP contribution in [0.2, 0.25) is 0 Å². The maximum Gasteiger partial charge on any atom is 0.134 e. The van der Waals surface area contributed by atoms with Crippen molar-refractivity contribution in [1.29, 1.82) is 0 Å². The molecule has 1 saturated heterocycles. The Morgan fingerprint density at radius 1 is 1.57 bits per heavy atom. The largest absolute Gasteiger partial charge is 0.383 e. The van der Waals surface area contributed by atoms with Crippen LogP contribution in [0.15, 0.2) is 6.33 Å². The van der Waals surface area contributed by atoms with Crippen molar-refractivity contribution < 1.29 is 4.74 Å². The van der Waals surface area contributed by atoms with Gasteiger partial charge >= 0.3 is 0 Å². The molecule has 1 atom stereocenters. The third kappa shape index (κ3) is 1.77. The average molecular weight is 194 g/mol. The van der Waals surface area contributed by atoms with Gasteiger partial charge in [-0.25, -0.2) is 9.97 Å². The lowest BCUT2D eigenvalue weighted by atomic mass is 10.2. The Hall–Kier alpha value is -1.36. The summed E-state index contributed by atoms with van der Waals surface area (Å²) in [4.78, 5) is 8.05. The molecule has 0 radical (unpaired) electrons. The molecule has 2 heterocycles. The van der Waals surface area contributed by atoms with Crippen LogP contribution in [0.5, 0.6) is 0 Å². The van der Waals surface area contributed by atoms with Crippen molar-refractivity contribution in [3.63, 3.8) is 0 Å². The van der Waals surface area contributed by atoms with Gasteiger partial charge in [0.05, 0.1) is 12.6 Å². The van der Waals surface area contributed by atoms with Gasteiger partial charge in [-0.15, -0.1) is 0 Å². The fraction of sp³-hybridized carbons (Fsp3) is 0.556. The minimum Gasteiger partial charge on any atom is -0.383 e. The maximum absolute atomic E-state index is 5.67. The van der Waals surface area contributed by atoms with Crippen LogP contribution in [0.3, 0.4) is 0 Å². The van der Waals surface area contributed by atoms with Crippen LogP contribution in [-0.2, 0) is 4.74 Å². The van der Waals surface area contributed by atoms with Gasteiger partial charge < -0.3 is 15.8 Å². The lowest BCUT2D eigenvalue weighted by Crippen LogP contribution is -2.20. The molecule has 2 rings (SSSR count). The summed E-state index contributed by atoms with van der Waals surface area (Å²) in [6.45, 7) is 3.47. The van der Waals surface area contributed by atoms with E-state index in [9.17, 15) is 0 Å². The lowest BCUT2D eigenvalue weighted by molar-refractivity contribution is 0.195. The van der Waals surface area contributed by atoms with Crippen molar-refractivity contribution in [3.8, 4) is 0 Å². The molecule has 1 aliphatic rings. The summed E-state index contributed by atoms with van der Waals surface area (Å²) >= 11 is 0. The molecule has 1 unspecified atom stereocenters. The second-order valence-corrected chi connectivity index (χ2v) is 3.44. The Balaban J connectivity index is 2.11. The summed E-state index contributed by atoms with van der Waals surface area (Å²) in [5.41, 5.74) is 6.57. The van der Waals surface area contributed by atoms with Crippen LogP contribution < -0.4 is 11.1 Å². The van der Waals surface area contributed by atoms with E-state index >= 15 is 0 Å². The first-order chi connectivity index (χ1) is 6.77. The molecule has 5 heteroatoms. The van der Waals surface area contributed by atoms with Gasteiger partial charge in [0.2, 0.25) is 0 Å². The Labute approximate surface area is 82.7 Å². The molecule has 76 valence electrons. The second-order valence-electron chi connectivity index (χ2n) is 3.44. The Morgan fingerprint density at radius 2 is 2.43 bits per heavy atom. The summed E-state index contributed by atoms with van der Waals surface area (Å²) in [6.07, 6.45) is 2.49. The highest BCUT2D eigenvalue weighted by molar-refractivity contribution is 5.54. The van der Waals surface area contributed by atoms with Gasteiger partial charge in [0.15, 0.2) is 0 Å². The lowest BCUT2D eigenvalue weighted by Gasteiger charge is -2.13. The monoisotopic (exact) mass is 194 g/mol. The Kier molecular flexibility index (Phi) is 2.49. The molecule has 1 aliphatic heterocycles. The second kappa shape index (κ2) is 3.79. The van der Waals surface area contributed by atoms with E-state index in [0.29, 0.717) is 11.9 Å². The first-order valence-corrected chi connectivity index (χ1v) is 4.68. The van der Waals surface area contributed by atoms with E-state index in [1.165, 1.54) is 6.33 Å². The molecule has 3 N–H and O–H groups in total. The van der Waals surface area contributed by atoms with Crippen LogP contribution in [0, 0.1) is 6.92 Å². The number of nitrogens with two attached hydrogens (primary N) is 1. The SMILES string of the molecule is Cc1c(N)ncnc1NC1CCOC1.